The molecule has 0 bridgehead atoms. The van der Waals surface area contributed by atoms with E-state index in [1.165, 1.54) is 0 Å². The quantitative estimate of drug-likeness (QED) is 0.222. The van der Waals surface area contributed by atoms with E-state index in [4.69, 9.17) is 14.2 Å². The summed E-state index contributed by atoms with van der Waals surface area (Å²) in [6.07, 6.45) is -4.36. The molecule has 2 N–H and O–H groups in total. The normalized spacial score (nSPS) is 24.8. The van der Waals surface area contributed by atoms with Gasteiger partial charge in [-0.15, -0.1) is 0 Å². The van der Waals surface area contributed by atoms with Crippen molar-refractivity contribution in [1.82, 2.24) is 15.1 Å². The van der Waals surface area contributed by atoms with E-state index in [1.807, 2.05) is 93.6 Å². The number of hydrogen-bond donors (Lipinski definition) is 2. The maximum atomic E-state index is 13.2. The number of amides is 2. The van der Waals surface area contributed by atoms with Crippen LogP contribution in [0.15, 0.2) is 72.8 Å². The van der Waals surface area contributed by atoms with Gasteiger partial charge in [-0.1, -0.05) is 67.6 Å². The third-order valence-corrected chi connectivity index (χ3v) is 10.5. The summed E-state index contributed by atoms with van der Waals surface area (Å²) in [7, 11) is 0. The number of esters is 1. The number of alkyl halides is 3. The number of ether oxygens (including phenoxy) is 3. The van der Waals surface area contributed by atoms with E-state index in [2.05, 4.69) is 17.1 Å². The maximum absolute atomic E-state index is 13.2. The molecular formula is C42H50F3N3O7. The maximum Gasteiger partial charge on any atom is 0.471 e. The van der Waals surface area contributed by atoms with E-state index in [1.54, 1.807) is 0 Å². The number of halogens is 3. The molecule has 0 spiro atoms. The van der Waals surface area contributed by atoms with E-state index < -0.39 is 35.9 Å². The van der Waals surface area contributed by atoms with Crippen molar-refractivity contribution in [1.29, 1.82) is 0 Å². The van der Waals surface area contributed by atoms with E-state index >= 15 is 0 Å². The third kappa shape index (κ3) is 9.75. The molecule has 0 radical (unpaired) electrons. The molecule has 3 heterocycles. The molecule has 0 aliphatic carbocycles. The van der Waals surface area contributed by atoms with Gasteiger partial charge in [0.25, 0.3) is 0 Å². The Morgan fingerprint density at radius 1 is 0.855 bits per heavy atom. The molecule has 55 heavy (non-hydrogen) atoms. The second-order valence-corrected chi connectivity index (χ2v) is 15.7. The SMILES string of the molecule is CC1C(CN2CCCC2C(=O)OC(C)(C)C)OC(c2cccc(-c3cccc(CNC(=O)C4CCCN4C(=O)C(F)(F)F)c3)c2)OC1c1ccc(CO)cc1. The second-order valence-electron chi connectivity index (χ2n) is 15.7. The summed E-state index contributed by atoms with van der Waals surface area (Å²) in [6, 6.07) is 21.4. The van der Waals surface area contributed by atoms with E-state index in [9.17, 15) is 32.7 Å². The molecule has 0 aromatic heterocycles. The lowest BCUT2D eigenvalue weighted by atomic mass is 9.89. The number of likely N-dealkylation sites (tertiary alicyclic amines) is 2. The molecule has 3 aliphatic rings. The molecular weight excluding hydrogens is 715 g/mol. The second kappa shape index (κ2) is 16.8. The first-order valence-electron chi connectivity index (χ1n) is 18.9. The van der Waals surface area contributed by atoms with Crippen molar-refractivity contribution in [3.05, 3.63) is 95.1 Å². The van der Waals surface area contributed by atoms with E-state index in [0.29, 0.717) is 24.3 Å². The zero-order valence-electron chi connectivity index (χ0n) is 31.7. The Morgan fingerprint density at radius 3 is 2.22 bits per heavy atom. The molecule has 3 aliphatic heterocycles. The van der Waals surface area contributed by atoms with Crippen LogP contribution in [0.3, 0.4) is 0 Å². The minimum absolute atomic E-state index is 0.0703. The van der Waals surface area contributed by atoms with Gasteiger partial charge in [0.1, 0.15) is 17.7 Å². The first-order valence-corrected chi connectivity index (χ1v) is 18.9. The number of carbonyl (C=O) groups excluding carboxylic acids is 3. The number of nitrogens with zero attached hydrogens (tertiary/aromatic N) is 2. The summed E-state index contributed by atoms with van der Waals surface area (Å²) in [4.78, 5) is 40.8. The van der Waals surface area contributed by atoms with Crippen LogP contribution in [0.25, 0.3) is 11.1 Å². The smallest absolute Gasteiger partial charge is 0.459 e. The topological polar surface area (TPSA) is 118 Å². The standard InChI is InChI=1S/C42H50F3N3O7/c1-26-35(24-47-19-7-14-34(47)38(51)55-41(2,3)4)53-39(54-36(26)29-17-15-27(25-49)16-18-29)32-12-6-11-31(22-32)30-10-5-9-28(21-30)23-46-37(50)33-13-8-20-48(33)40(52)42(43,44)45/h5-6,9-12,15-18,21-22,26,33-36,39,49H,7-8,13-14,19-20,23-25H2,1-4H3,(H,46,50). The number of hydrogen-bond acceptors (Lipinski definition) is 8. The minimum Gasteiger partial charge on any atom is -0.459 e. The number of carbonyl (C=O) groups is 3. The third-order valence-electron chi connectivity index (χ3n) is 10.5. The fourth-order valence-corrected chi connectivity index (χ4v) is 7.72. The van der Waals surface area contributed by atoms with Gasteiger partial charge in [-0.2, -0.15) is 13.2 Å². The van der Waals surface area contributed by atoms with Crippen LogP contribution in [0.5, 0.6) is 0 Å². The molecule has 6 unspecified atom stereocenters. The van der Waals surface area contributed by atoms with Gasteiger partial charge in [0, 0.05) is 31.1 Å². The van der Waals surface area contributed by atoms with Gasteiger partial charge in [0.05, 0.1) is 18.8 Å². The molecule has 2 amide bonds. The highest BCUT2D eigenvalue weighted by atomic mass is 19.4. The average molecular weight is 766 g/mol. The van der Waals surface area contributed by atoms with Crippen LogP contribution in [0.1, 0.15) is 88.0 Å². The van der Waals surface area contributed by atoms with Crippen molar-refractivity contribution in [2.24, 2.45) is 5.92 Å². The van der Waals surface area contributed by atoms with Crippen LogP contribution in [0.4, 0.5) is 13.2 Å². The molecule has 0 saturated carbocycles. The van der Waals surface area contributed by atoms with Gasteiger partial charge in [-0.25, -0.2) is 0 Å². The molecule has 296 valence electrons. The van der Waals surface area contributed by atoms with Crippen molar-refractivity contribution in [2.75, 3.05) is 19.6 Å². The Balaban J connectivity index is 1.20. The van der Waals surface area contributed by atoms with E-state index in [0.717, 1.165) is 46.3 Å². The van der Waals surface area contributed by atoms with Gasteiger partial charge < -0.3 is 29.5 Å². The first-order chi connectivity index (χ1) is 26.1. The minimum atomic E-state index is -5.04. The Kier molecular flexibility index (Phi) is 12.3. The highest BCUT2D eigenvalue weighted by molar-refractivity contribution is 5.90. The van der Waals surface area contributed by atoms with Gasteiger partial charge in [-0.3, -0.25) is 19.3 Å². The number of nitrogens with one attached hydrogen (secondary N) is 1. The number of aliphatic hydroxyl groups is 1. The fourth-order valence-electron chi connectivity index (χ4n) is 7.72. The first kappa shape index (κ1) is 40.4. The lowest BCUT2D eigenvalue weighted by Crippen LogP contribution is -2.50. The number of rotatable bonds is 10. The van der Waals surface area contributed by atoms with Gasteiger partial charge in [0.15, 0.2) is 6.29 Å². The zero-order valence-corrected chi connectivity index (χ0v) is 31.7. The van der Waals surface area contributed by atoms with Crippen molar-refractivity contribution >= 4 is 17.8 Å². The van der Waals surface area contributed by atoms with Gasteiger partial charge in [0.2, 0.25) is 5.91 Å². The molecule has 13 heteroatoms. The largest absolute Gasteiger partial charge is 0.471 e. The number of benzene rings is 3. The zero-order chi connectivity index (χ0) is 39.5. The Hall–Kier alpha value is -4.30. The summed E-state index contributed by atoms with van der Waals surface area (Å²) in [5, 5.41) is 12.4. The summed E-state index contributed by atoms with van der Waals surface area (Å²) in [5.41, 5.74) is 4.37. The van der Waals surface area contributed by atoms with Crippen LogP contribution >= 0.6 is 0 Å². The molecule has 6 rings (SSSR count). The molecule has 3 saturated heterocycles. The summed E-state index contributed by atoms with van der Waals surface area (Å²) in [6.45, 7) is 8.83. The summed E-state index contributed by atoms with van der Waals surface area (Å²) >= 11 is 0. The highest BCUT2D eigenvalue weighted by Crippen LogP contribution is 2.43. The predicted molar refractivity (Wildman–Crippen MR) is 198 cm³/mol. The molecule has 3 fully saturated rings. The van der Waals surface area contributed by atoms with Crippen molar-refractivity contribution < 1.29 is 46.9 Å². The molecule has 3 aromatic rings. The van der Waals surface area contributed by atoms with Gasteiger partial charge >= 0.3 is 18.1 Å². The van der Waals surface area contributed by atoms with E-state index in [-0.39, 0.29) is 56.3 Å². The lowest BCUT2D eigenvalue weighted by Gasteiger charge is -2.43. The summed E-state index contributed by atoms with van der Waals surface area (Å²) in [5.74, 6) is -2.94. The number of aliphatic hydroxyl groups excluding tert-OH is 1. The van der Waals surface area contributed by atoms with Crippen molar-refractivity contribution in [3.8, 4) is 11.1 Å². The Labute approximate surface area is 319 Å². The van der Waals surface area contributed by atoms with Gasteiger partial charge in [-0.05, 0) is 92.9 Å². The molecule has 10 nitrogen and oxygen atoms in total. The molecule has 6 atom stereocenters. The monoisotopic (exact) mass is 765 g/mol. The average Bonchev–Trinajstić information content (AvgIpc) is 3.84. The predicted octanol–water partition coefficient (Wildman–Crippen LogP) is 6.61. The summed E-state index contributed by atoms with van der Waals surface area (Å²) < 4.78 is 58.5. The van der Waals surface area contributed by atoms with Crippen LogP contribution in [-0.4, -0.2) is 82.3 Å². The Bertz CT molecular complexity index is 1830. The lowest BCUT2D eigenvalue weighted by molar-refractivity contribution is -0.276. The molecule has 3 aromatic carbocycles. The van der Waals surface area contributed by atoms with Crippen LogP contribution in [0, 0.1) is 5.92 Å². The van der Waals surface area contributed by atoms with Crippen molar-refractivity contribution in [3.63, 3.8) is 0 Å². The van der Waals surface area contributed by atoms with Crippen LogP contribution < -0.4 is 5.32 Å². The fraction of sp³-hybridized carbons (Fsp3) is 0.500. The Morgan fingerprint density at radius 2 is 1.53 bits per heavy atom. The van der Waals surface area contributed by atoms with Crippen LogP contribution in [-0.2, 0) is 41.7 Å². The van der Waals surface area contributed by atoms with Crippen molar-refractivity contribution in [2.45, 2.75) is 109 Å². The highest BCUT2D eigenvalue weighted by Gasteiger charge is 2.48. The van der Waals surface area contributed by atoms with Crippen LogP contribution in [0.2, 0.25) is 0 Å².